The van der Waals surface area contributed by atoms with Crippen molar-refractivity contribution in [3.63, 3.8) is 0 Å². The van der Waals surface area contributed by atoms with Crippen LogP contribution in [0.2, 0.25) is 0 Å². The smallest absolute Gasteiger partial charge is 0.240 e. The Morgan fingerprint density at radius 2 is 2.20 bits per heavy atom. The minimum Gasteiger partial charge on any atom is -0.385 e. The van der Waals surface area contributed by atoms with E-state index in [0.717, 1.165) is 6.42 Å². The molecule has 5 heteroatoms. The SMILES string of the molecule is COCCCNC(=O)C1(N)CCOCC1. The van der Waals surface area contributed by atoms with Gasteiger partial charge in [0, 0.05) is 33.5 Å². The first-order valence-corrected chi connectivity index (χ1v) is 5.33. The molecule has 0 aromatic heterocycles. The summed E-state index contributed by atoms with van der Waals surface area (Å²) in [5.74, 6) is -0.0677. The van der Waals surface area contributed by atoms with Gasteiger partial charge < -0.3 is 20.5 Å². The molecule has 0 unspecified atom stereocenters. The van der Waals surface area contributed by atoms with Gasteiger partial charge >= 0.3 is 0 Å². The summed E-state index contributed by atoms with van der Waals surface area (Å²) in [6.07, 6.45) is 2.01. The lowest BCUT2D eigenvalue weighted by molar-refractivity contribution is -0.129. The zero-order valence-corrected chi connectivity index (χ0v) is 9.25. The molecule has 0 atom stereocenters. The van der Waals surface area contributed by atoms with Gasteiger partial charge in [0.1, 0.15) is 0 Å². The van der Waals surface area contributed by atoms with E-state index in [1.54, 1.807) is 7.11 Å². The van der Waals surface area contributed by atoms with Gasteiger partial charge in [-0.15, -0.1) is 0 Å². The Morgan fingerprint density at radius 1 is 1.53 bits per heavy atom. The van der Waals surface area contributed by atoms with E-state index < -0.39 is 5.54 Å². The monoisotopic (exact) mass is 216 g/mol. The Kier molecular flexibility index (Phi) is 5.01. The van der Waals surface area contributed by atoms with Gasteiger partial charge in [0.15, 0.2) is 0 Å². The van der Waals surface area contributed by atoms with Crippen LogP contribution in [0, 0.1) is 0 Å². The first-order valence-electron chi connectivity index (χ1n) is 5.33. The summed E-state index contributed by atoms with van der Waals surface area (Å²) in [6.45, 7) is 2.41. The molecule has 0 aliphatic carbocycles. The van der Waals surface area contributed by atoms with Crippen LogP contribution in [0.25, 0.3) is 0 Å². The maximum Gasteiger partial charge on any atom is 0.240 e. The third kappa shape index (κ3) is 3.77. The highest BCUT2D eigenvalue weighted by Gasteiger charge is 2.35. The molecule has 0 aromatic rings. The van der Waals surface area contributed by atoms with Crippen molar-refractivity contribution < 1.29 is 14.3 Å². The van der Waals surface area contributed by atoms with Crippen molar-refractivity contribution in [1.29, 1.82) is 0 Å². The van der Waals surface area contributed by atoms with Crippen molar-refractivity contribution in [3.8, 4) is 0 Å². The summed E-state index contributed by atoms with van der Waals surface area (Å²) in [5, 5.41) is 2.83. The van der Waals surface area contributed by atoms with Crippen molar-refractivity contribution in [2.75, 3.05) is 33.5 Å². The highest BCUT2D eigenvalue weighted by atomic mass is 16.5. The van der Waals surface area contributed by atoms with Crippen molar-refractivity contribution >= 4 is 5.91 Å². The van der Waals surface area contributed by atoms with Gasteiger partial charge in [-0.25, -0.2) is 0 Å². The molecule has 1 amide bonds. The van der Waals surface area contributed by atoms with Gasteiger partial charge in [0.25, 0.3) is 0 Å². The molecule has 0 bridgehead atoms. The van der Waals surface area contributed by atoms with Crippen LogP contribution in [0.15, 0.2) is 0 Å². The van der Waals surface area contributed by atoms with Crippen molar-refractivity contribution in [2.45, 2.75) is 24.8 Å². The van der Waals surface area contributed by atoms with Crippen molar-refractivity contribution in [2.24, 2.45) is 5.73 Å². The zero-order valence-electron chi connectivity index (χ0n) is 9.25. The summed E-state index contributed by atoms with van der Waals surface area (Å²) in [5.41, 5.74) is 5.26. The lowest BCUT2D eigenvalue weighted by atomic mass is 9.90. The second kappa shape index (κ2) is 6.05. The van der Waals surface area contributed by atoms with E-state index in [9.17, 15) is 4.79 Å². The average molecular weight is 216 g/mol. The molecule has 15 heavy (non-hydrogen) atoms. The van der Waals surface area contributed by atoms with E-state index in [1.807, 2.05) is 0 Å². The van der Waals surface area contributed by atoms with E-state index >= 15 is 0 Å². The Hall–Kier alpha value is -0.650. The summed E-state index contributed by atoms with van der Waals surface area (Å²) in [4.78, 5) is 11.8. The van der Waals surface area contributed by atoms with Crippen LogP contribution in [-0.4, -0.2) is 44.9 Å². The Labute approximate surface area is 90.3 Å². The number of amides is 1. The molecule has 1 saturated heterocycles. The molecule has 3 N–H and O–H groups in total. The van der Waals surface area contributed by atoms with E-state index in [-0.39, 0.29) is 5.91 Å². The number of rotatable bonds is 5. The van der Waals surface area contributed by atoms with Crippen LogP contribution in [0.4, 0.5) is 0 Å². The number of carbonyl (C=O) groups is 1. The molecule has 0 radical (unpaired) electrons. The van der Waals surface area contributed by atoms with Gasteiger partial charge in [-0.2, -0.15) is 0 Å². The number of nitrogens with two attached hydrogens (primary N) is 1. The summed E-state index contributed by atoms with van der Waals surface area (Å²) in [7, 11) is 1.64. The average Bonchev–Trinajstić information content (AvgIpc) is 2.25. The molecule has 0 spiro atoms. The van der Waals surface area contributed by atoms with Crippen LogP contribution < -0.4 is 11.1 Å². The quantitative estimate of drug-likeness (QED) is 0.616. The molecule has 88 valence electrons. The van der Waals surface area contributed by atoms with Crippen LogP contribution in [0.5, 0.6) is 0 Å². The minimum absolute atomic E-state index is 0.0677. The fraction of sp³-hybridized carbons (Fsp3) is 0.900. The maximum atomic E-state index is 11.8. The van der Waals surface area contributed by atoms with Crippen molar-refractivity contribution in [3.05, 3.63) is 0 Å². The fourth-order valence-electron chi connectivity index (χ4n) is 1.56. The highest BCUT2D eigenvalue weighted by molar-refractivity contribution is 5.86. The minimum atomic E-state index is -0.731. The molecule has 0 saturated carbocycles. The standard InChI is InChI=1S/C10H20N2O3/c1-14-6-2-5-12-9(13)10(11)3-7-15-8-4-10/h2-8,11H2,1H3,(H,12,13). The molecule has 1 aliphatic heterocycles. The predicted molar refractivity (Wildman–Crippen MR) is 56.5 cm³/mol. The van der Waals surface area contributed by atoms with Crippen LogP contribution in [0.3, 0.4) is 0 Å². The fourth-order valence-corrected chi connectivity index (χ4v) is 1.56. The van der Waals surface area contributed by atoms with Gasteiger partial charge in [0.05, 0.1) is 5.54 Å². The van der Waals surface area contributed by atoms with E-state index in [0.29, 0.717) is 39.2 Å². The molecule has 1 heterocycles. The number of methoxy groups -OCH3 is 1. The predicted octanol–water partition coefficient (Wildman–Crippen LogP) is -0.353. The summed E-state index contributed by atoms with van der Waals surface area (Å²) in [6, 6.07) is 0. The molecule has 1 fully saturated rings. The largest absolute Gasteiger partial charge is 0.385 e. The number of hydrogen-bond donors (Lipinski definition) is 2. The normalized spacial score (nSPS) is 19.9. The third-order valence-electron chi connectivity index (χ3n) is 2.65. The first kappa shape index (κ1) is 12.4. The number of nitrogens with one attached hydrogen (secondary N) is 1. The topological polar surface area (TPSA) is 73.6 Å². The summed E-state index contributed by atoms with van der Waals surface area (Å²) < 4.78 is 10.1. The molecule has 1 aliphatic rings. The maximum absolute atomic E-state index is 11.8. The third-order valence-corrected chi connectivity index (χ3v) is 2.65. The van der Waals surface area contributed by atoms with E-state index in [4.69, 9.17) is 15.2 Å². The van der Waals surface area contributed by atoms with Gasteiger partial charge in [-0.3, -0.25) is 4.79 Å². The van der Waals surface area contributed by atoms with Crippen LogP contribution in [-0.2, 0) is 14.3 Å². The highest BCUT2D eigenvalue weighted by Crippen LogP contribution is 2.17. The molecular weight excluding hydrogens is 196 g/mol. The molecular formula is C10H20N2O3. The summed E-state index contributed by atoms with van der Waals surface area (Å²) >= 11 is 0. The van der Waals surface area contributed by atoms with Gasteiger partial charge in [-0.1, -0.05) is 0 Å². The Morgan fingerprint density at radius 3 is 2.80 bits per heavy atom. The Balaban J connectivity index is 2.25. The second-order valence-corrected chi connectivity index (χ2v) is 3.87. The number of ether oxygens (including phenoxy) is 2. The lowest BCUT2D eigenvalue weighted by Gasteiger charge is -2.31. The lowest BCUT2D eigenvalue weighted by Crippen LogP contribution is -2.57. The van der Waals surface area contributed by atoms with Crippen LogP contribution >= 0.6 is 0 Å². The van der Waals surface area contributed by atoms with E-state index in [2.05, 4.69) is 5.32 Å². The van der Waals surface area contributed by atoms with Crippen LogP contribution in [0.1, 0.15) is 19.3 Å². The first-order chi connectivity index (χ1) is 7.19. The molecule has 0 aromatic carbocycles. The second-order valence-electron chi connectivity index (χ2n) is 3.87. The molecule has 1 rings (SSSR count). The van der Waals surface area contributed by atoms with Gasteiger partial charge in [-0.05, 0) is 19.3 Å². The number of carbonyl (C=O) groups excluding carboxylic acids is 1. The van der Waals surface area contributed by atoms with Gasteiger partial charge in [0.2, 0.25) is 5.91 Å². The van der Waals surface area contributed by atoms with Crippen molar-refractivity contribution in [1.82, 2.24) is 5.32 Å². The zero-order chi connectivity index (χ0) is 11.1. The van der Waals surface area contributed by atoms with E-state index in [1.165, 1.54) is 0 Å². The Bertz CT molecular complexity index is 203. The number of hydrogen-bond acceptors (Lipinski definition) is 4. The molecule has 5 nitrogen and oxygen atoms in total.